The van der Waals surface area contributed by atoms with Crippen molar-refractivity contribution < 1.29 is 19.0 Å². The second kappa shape index (κ2) is 13.2. The fraction of sp³-hybridized carbons (Fsp3) is 0.242. The van der Waals surface area contributed by atoms with Crippen molar-refractivity contribution >= 4 is 46.6 Å². The van der Waals surface area contributed by atoms with Crippen molar-refractivity contribution in [2.45, 2.75) is 33.4 Å². The minimum absolute atomic E-state index is 0.134. The van der Waals surface area contributed by atoms with Gasteiger partial charge in [-0.2, -0.15) is 0 Å². The Balaban J connectivity index is 1.62. The number of carbonyl (C=O) groups is 1. The van der Waals surface area contributed by atoms with Crippen molar-refractivity contribution in [3.63, 3.8) is 0 Å². The highest BCUT2D eigenvalue weighted by Gasteiger charge is 2.34. The van der Waals surface area contributed by atoms with E-state index in [9.17, 15) is 9.59 Å². The van der Waals surface area contributed by atoms with Gasteiger partial charge >= 0.3 is 5.97 Å². The number of hydrogen-bond donors (Lipinski definition) is 0. The molecule has 1 aliphatic rings. The van der Waals surface area contributed by atoms with Crippen LogP contribution >= 0.6 is 34.5 Å². The average Bonchev–Trinajstić information content (AvgIpc) is 3.29. The first-order valence-corrected chi connectivity index (χ1v) is 15.2. The van der Waals surface area contributed by atoms with Gasteiger partial charge in [-0.1, -0.05) is 90.9 Å². The lowest BCUT2D eigenvalue weighted by Gasteiger charge is -2.25. The van der Waals surface area contributed by atoms with Gasteiger partial charge in [0.25, 0.3) is 5.56 Å². The molecule has 7 nitrogen and oxygen atoms in total. The van der Waals surface area contributed by atoms with Gasteiger partial charge < -0.3 is 14.2 Å². The van der Waals surface area contributed by atoms with E-state index in [0.29, 0.717) is 54.3 Å². The molecule has 10 heteroatoms. The van der Waals surface area contributed by atoms with Gasteiger partial charge in [0.1, 0.15) is 6.61 Å². The van der Waals surface area contributed by atoms with Gasteiger partial charge in [-0.25, -0.2) is 9.79 Å². The monoisotopic (exact) mass is 636 g/mol. The number of allylic oxidation sites excluding steroid dienone is 1. The number of ether oxygens (including phenoxy) is 3. The van der Waals surface area contributed by atoms with Gasteiger partial charge in [-0.15, -0.1) is 0 Å². The molecular weight excluding hydrogens is 607 g/mol. The van der Waals surface area contributed by atoms with Gasteiger partial charge in [-0.05, 0) is 59.9 Å². The van der Waals surface area contributed by atoms with Crippen LogP contribution in [0.15, 0.2) is 87.8 Å². The van der Waals surface area contributed by atoms with Crippen molar-refractivity contribution in [2.75, 3.05) is 13.7 Å². The third kappa shape index (κ3) is 6.72. The molecule has 1 aliphatic heterocycles. The van der Waals surface area contributed by atoms with Crippen molar-refractivity contribution in [3.8, 4) is 11.5 Å². The maximum Gasteiger partial charge on any atom is 0.338 e. The first kappa shape index (κ1) is 30.6. The highest BCUT2D eigenvalue weighted by Crippen LogP contribution is 2.36. The molecule has 222 valence electrons. The Morgan fingerprint density at radius 1 is 1.07 bits per heavy atom. The van der Waals surface area contributed by atoms with E-state index in [0.717, 1.165) is 5.56 Å². The van der Waals surface area contributed by atoms with Crippen LogP contribution in [0.2, 0.25) is 10.0 Å². The normalized spacial score (nSPS) is 14.9. The maximum atomic E-state index is 14.0. The first-order chi connectivity index (χ1) is 20.7. The number of carbonyl (C=O) groups excluding carboxylic acids is 1. The van der Waals surface area contributed by atoms with Crippen LogP contribution in [0, 0.1) is 5.92 Å². The molecule has 0 spiro atoms. The molecule has 3 aromatic carbocycles. The molecule has 0 saturated heterocycles. The molecule has 0 fully saturated rings. The molecule has 1 aromatic heterocycles. The molecule has 5 rings (SSSR count). The number of halogens is 2. The van der Waals surface area contributed by atoms with Crippen LogP contribution in [0.25, 0.3) is 6.08 Å². The molecule has 0 bridgehead atoms. The first-order valence-electron chi connectivity index (χ1n) is 13.7. The molecule has 2 heterocycles. The third-order valence-electron chi connectivity index (χ3n) is 6.78. The minimum atomic E-state index is -0.809. The van der Waals surface area contributed by atoms with Crippen LogP contribution in [-0.2, 0) is 16.1 Å². The molecule has 4 aromatic rings. The van der Waals surface area contributed by atoms with E-state index in [-0.39, 0.29) is 23.7 Å². The topological polar surface area (TPSA) is 79.1 Å². The van der Waals surface area contributed by atoms with Gasteiger partial charge in [0, 0.05) is 10.0 Å². The summed E-state index contributed by atoms with van der Waals surface area (Å²) in [4.78, 5) is 32.6. The molecule has 43 heavy (non-hydrogen) atoms. The highest BCUT2D eigenvalue weighted by atomic mass is 35.5. The summed E-state index contributed by atoms with van der Waals surface area (Å²) in [7, 11) is 1.55. The Bertz CT molecular complexity index is 1880. The van der Waals surface area contributed by atoms with Crippen LogP contribution in [0.1, 0.15) is 43.5 Å². The van der Waals surface area contributed by atoms with Gasteiger partial charge in [-0.3, -0.25) is 9.36 Å². The Kier molecular flexibility index (Phi) is 9.40. The standard InChI is InChI=1S/C33H30Cl2N2O5S/c1-19(2)17-42-32(39)29-20(3)36-33-37(31(38)28(43-33)15-22-10-12-24(34)16-25(22)35)30(29)23-11-13-26(27(14-23)40-4)41-18-21-8-6-5-7-9-21/h5-16,19,30H,17-18H2,1-4H3. The summed E-state index contributed by atoms with van der Waals surface area (Å²) in [5, 5.41) is 0.911. The van der Waals surface area contributed by atoms with Gasteiger partial charge in [0.05, 0.1) is 35.6 Å². The zero-order valence-corrected chi connectivity index (χ0v) is 26.4. The fourth-order valence-corrected chi connectivity index (χ4v) is 6.19. The van der Waals surface area contributed by atoms with E-state index in [4.69, 9.17) is 37.4 Å². The fourth-order valence-electron chi connectivity index (χ4n) is 4.69. The van der Waals surface area contributed by atoms with E-state index in [2.05, 4.69) is 4.99 Å². The Morgan fingerprint density at radius 2 is 1.84 bits per heavy atom. The second-order valence-electron chi connectivity index (χ2n) is 10.4. The van der Waals surface area contributed by atoms with E-state index >= 15 is 0 Å². The number of hydrogen-bond acceptors (Lipinski definition) is 7. The summed E-state index contributed by atoms with van der Waals surface area (Å²) in [5.74, 6) is 0.602. The van der Waals surface area contributed by atoms with Crippen molar-refractivity contribution in [1.29, 1.82) is 0 Å². The lowest BCUT2D eigenvalue weighted by atomic mass is 9.95. The minimum Gasteiger partial charge on any atom is -0.493 e. The van der Waals surface area contributed by atoms with Crippen LogP contribution in [0.4, 0.5) is 0 Å². The number of thiazole rings is 1. The summed E-state index contributed by atoms with van der Waals surface area (Å²) in [5.41, 5.74) is 2.73. The zero-order chi connectivity index (χ0) is 30.7. The van der Waals surface area contributed by atoms with E-state index < -0.39 is 12.0 Å². The predicted molar refractivity (Wildman–Crippen MR) is 170 cm³/mol. The smallest absolute Gasteiger partial charge is 0.338 e. The van der Waals surface area contributed by atoms with Crippen LogP contribution in [0.3, 0.4) is 0 Å². The number of fused-ring (bicyclic) bond motifs is 1. The lowest BCUT2D eigenvalue weighted by molar-refractivity contribution is -0.140. The third-order valence-corrected chi connectivity index (χ3v) is 8.32. The average molecular weight is 638 g/mol. The number of methoxy groups -OCH3 is 1. The molecular formula is C33H30Cl2N2O5S. The van der Waals surface area contributed by atoms with Crippen LogP contribution in [-0.4, -0.2) is 24.3 Å². The van der Waals surface area contributed by atoms with E-state index in [1.54, 1.807) is 50.4 Å². The maximum absolute atomic E-state index is 14.0. The Hall–Kier alpha value is -3.85. The molecule has 1 atom stereocenters. The van der Waals surface area contributed by atoms with Crippen molar-refractivity contribution in [2.24, 2.45) is 10.9 Å². The molecule has 0 amide bonds. The summed E-state index contributed by atoms with van der Waals surface area (Å²) in [6.07, 6.45) is 1.71. The number of rotatable bonds is 9. The molecule has 0 radical (unpaired) electrons. The van der Waals surface area contributed by atoms with E-state index in [1.165, 1.54) is 15.9 Å². The largest absolute Gasteiger partial charge is 0.493 e. The Labute approximate surface area is 263 Å². The molecule has 1 unspecified atom stereocenters. The molecule has 0 saturated carbocycles. The Morgan fingerprint density at radius 3 is 2.53 bits per heavy atom. The van der Waals surface area contributed by atoms with Crippen LogP contribution < -0.4 is 24.4 Å². The van der Waals surface area contributed by atoms with Crippen molar-refractivity contribution in [1.82, 2.24) is 4.57 Å². The molecule has 0 N–H and O–H groups in total. The molecule has 0 aliphatic carbocycles. The number of benzene rings is 3. The van der Waals surface area contributed by atoms with E-state index in [1.807, 2.05) is 50.2 Å². The van der Waals surface area contributed by atoms with Gasteiger partial charge in [0.15, 0.2) is 16.3 Å². The summed E-state index contributed by atoms with van der Waals surface area (Å²) in [6, 6.07) is 19.5. The number of nitrogens with zero attached hydrogens (tertiary/aromatic N) is 2. The zero-order valence-electron chi connectivity index (χ0n) is 24.1. The summed E-state index contributed by atoms with van der Waals surface area (Å²) >= 11 is 13.7. The lowest BCUT2D eigenvalue weighted by Crippen LogP contribution is -2.40. The summed E-state index contributed by atoms with van der Waals surface area (Å²) in [6.45, 7) is 6.26. The quantitative estimate of drug-likeness (QED) is 0.201. The SMILES string of the molecule is COc1cc(C2C(C(=O)OCC(C)C)=C(C)N=c3sc(=Cc4ccc(Cl)cc4Cl)c(=O)n32)ccc1OCc1ccccc1. The summed E-state index contributed by atoms with van der Waals surface area (Å²) < 4.78 is 19.3. The number of aromatic nitrogens is 1. The highest BCUT2D eigenvalue weighted by molar-refractivity contribution is 7.07. The second-order valence-corrected chi connectivity index (χ2v) is 12.3. The van der Waals surface area contributed by atoms with Gasteiger partial charge in [0.2, 0.25) is 0 Å². The van der Waals surface area contributed by atoms with Crippen molar-refractivity contribution in [3.05, 3.63) is 124 Å². The number of esters is 1. The van der Waals surface area contributed by atoms with Crippen LogP contribution in [0.5, 0.6) is 11.5 Å². The predicted octanol–water partition coefficient (Wildman–Crippen LogP) is 6.33.